The Morgan fingerprint density at radius 3 is 2.59 bits per heavy atom. The lowest BCUT2D eigenvalue weighted by Gasteiger charge is -2.35. The van der Waals surface area contributed by atoms with Crippen LogP contribution in [-0.2, 0) is 12.8 Å². The zero-order valence-electron chi connectivity index (χ0n) is 19.5. The number of anilines is 1. The molecule has 0 bridgehead atoms. The first-order valence-corrected chi connectivity index (χ1v) is 12.9. The van der Waals surface area contributed by atoms with E-state index in [0.29, 0.717) is 27.1 Å². The lowest BCUT2D eigenvalue weighted by molar-refractivity contribution is 0.0635. The van der Waals surface area contributed by atoms with Crippen LogP contribution in [0.2, 0.25) is 5.02 Å². The minimum Gasteiger partial charge on any atom is -0.336 e. The summed E-state index contributed by atoms with van der Waals surface area (Å²) in [6.07, 6.45) is 6.15. The second-order valence-corrected chi connectivity index (χ2v) is 11.8. The molecule has 1 fully saturated rings. The highest BCUT2D eigenvalue weighted by atomic mass is 35.5. The van der Waals surface area contributed by atoms with Crippen molar-refractivity contribution >= 4 is 39.8 Å². The van der Waals surface area contributed by atoms with Gasteiger partial charge >= 0.3 is 0 Å². The van der Waals surface area contributed by atoms with Crippen molar-refractivity contribution in [2.24, 2.45) is 11.3 Å². The SMILES string of the molecule is CC1CCCCN1C(=O)c1c(NC(=O)c2ccccc2Cl)sc2c1CCC(C(C)(C)C)C2. The van der Waals surface area contributed by atoms with Gasteiger partial charge < -0.3 is 10.2 Å². The summed E-state index contributed by atoms with van der Waals surface area (Å²) in [5.41, 5.74) is 2.51. The summed E-state index contributed by atoms with van der Waals surface area (Å²) < 4.78 is 0. The van der Waals surface area contributed by atoms with Crippen molar-refractivity contribution in [3.63, 3.8) is 0 Å². The predicted molar refractivity (Wildman–Crippen MR) is 133 cm³/mol. The minimum atomic E-state index is -0.262. The Balaban J connectivity index is 1.71. The van der Waals surface area contributed by atoms with Crippen LogP contribution in [0.5, 0.6) is 0 Å². The molecule has 1 saturated heterocycles. The molecule has 1 aliphatic heterocycles. The van der Waals surface area contributed by atoms with E-state index in [2.05, 4.69) is 33.0 Å². The third-order valence-electron chi connectivity index (χ3n) is 7.11. The summed E-state index contributed by atoms with van der Waals surface area (Å²) in [6.45, 7) is 9.79. The van der Waals surface area contributed by atoms with Crippen LogP contribution in [0.3, 0.4) is 0 Å². The molecular formula is C26H33ClN2O2S. The summed E-state index contributed by atoms with van der Waals surface area (Å²) in [5.74, 6) is 0.373. The number of benzene rings is 1. The molecule has 1 aliphatic carbocycles. The van der Waals surface area contributed by atoms with Crippen LogP contribution in [0.1, 0.15) is 84.5 Å². The molecule has 172 valence electrons. The molecule has 32 heavy (non-hydrogen) atoms. The molecule has 0 spiro atoms. The number of fused-ring (bicyclic) bond motifs is 1. The van der Waals surface area contributed by atoms with Crippen molar-refractivity contribution < 1.29 is 9.59 Å². The van der Waals surface area contributed by atoms with Gasteiger partial charge in [0.2, 0.25) is 0 Å². The topological polar surface area (TPSA) is 49.4 Å². The van der Waals surface area contributed by atoms with Crippen molar-refractivity contribution in [3.05, 3.63) is 50.9 Å². The first kappa shape index (κ1) is 23.3. The van der Waals surface area contributed by atoms with E-state index in [1.807, 2.05) is 11.0 Å². The maximum absolute atomic E-state index is 13.8. The van der Waals surface area contributed by atoms with Gasteiger partial charge in [-0.25, -0.2) is 0 Å². The number of hydrogen-bond acceptors (Lipinski definition) is 3. The zero-order valence-corrected chi connectivity index (χ0v) is 21.0. The zero-order chi connectivity index (χ0) is 23.0. The van der Waals surface area contributed by atoms with Crippen molar-refractivity contribution in [1.82, 2.24) is 4.90 Å². The predicted octanol–water partition coefficient (Wildman–Crippen LogP) is 6.82. The van der Waals surface area contributed by atoms with Crippen LogP contribution in [0.15, 0.2) is 24.3 Å². The highest BCUT2D eigenvalue weighted by Crippen LogP contribution is 2.45. The quantitative estimate of drug-likeness (QED) is 0.532. The molecule has 2 heterocycles. The molecule has 1 N–H and O–H groups in total. The summed E-state index contributed by atoms with van der Waals surface area (Å²) in [4.78, 5) is 30.1. The molecule has 1 aromatic carbocycles. The van der Waals surface area contributed by atoms with Gasteiger partial charge in [0.25, 0.3) is 11.8 Å². The van der Waals surface area contributed by atoms with E-state index in [1.165, 1.54) is 4.88 Å². The number of halogens is 1. The van der Waals surface area contributed by atoms with Crippen LogP contribution < -0.4 is 5.32 Å². The lowest BCUT2D eigenvalue weighted by atomic mass is 9.72. The van der Waals surface area contributed by atoms with E-state index in [0.717, 1.165) is 50.6 Å². The van der Waals surface area contributed by atoms with E-state index < -0.39 is 0 Å². The van der Waals surface area contributed by atoms with E-state index >= 15 is 0 Å². The number of amides is 2. The monoisotopic (exact) mass is 472 g/mol. The number of carbonyl (C=O) groups is 2. The van der Waals surface area contributed by atoms with Crippen LogP contribution >= 0.6 is 22.9 Å². The standard InChI is InChI=1S/C26H33ClN2O2S/c1-16-9-7-8-14-29(16)25(31)22-19-13-12-17(26(2,3)4)15-21(19)32-24(22)28-23(30)18-10-5-6-11-20(18)27/h5-6,10-11,16-17H,7-9,12-15H2,1-4H3,(H,28,30). The molecule has 2 unspecified atom stereocenters. The average molecular weight is 473 g/mol. The summed E-state index contributed by atoms with van der Waals surface area (Å²) in [5, 5.41) is 4.15. The van der Waals surface area contributed by atoms with Gasteiger partial charge in [0.1, 0.15) is 5.00 Å². The Bertz CT molecular complexity index is 1020. The molecule has 0 radical (unpaired) electrons. The number of carbonyl (C=O) groups excluding carboxylic acids is 2. The van der Waals surface area contributed by atoms with Gasteiger partial charge in [-0.1, -0.05) is 44.5 Å². The Kier molecular flexibility index (Phi) is 6.69. The Morgan fingerprint density at radius 2 is 1.91 bits per heavy atom. The fourth-order valence-electron chi connectivity index (χ4n) is 5.00. The van der Waals surface area contributed by atoms with Gasteiger partial charge in [0.05, 0.1) is 16.1 Å². The van der Waals surface area contributed by atoms with E-state index in [-0.39, 0.29) is 23.3 Å². The molecule has 2 aromatic rings. The number of thiophene rings is 1. The number of likely N-dealkylation sites (tertiary alicyclic amines) is 1. The third kappa shape index (κ3) is 4.60. The smallest absolute Gasteiger partial charge is 0.257 e. The maximum atomic E-state index is 13.8. The number of nitrogens with zero attached hydrogens (tertiary/aromatic N) is 1. The van der Waals surface area contributed by atoms with Crippen LogP contribution in [0.25, 0.3) is 0 Å². The number of rotatable bonds is 3. The highest BCUT2D eigenvalue weighted by Gasteiger charge is 2.36. The summed E-state index contributed by atoms with van der Waals surface area (Å²) >= 11 is 7.85. The van der Waals surface area contributed by atoms with Crippen molar-refractivity contribution in [1.29, 1.82) is 0 Å². The second kappa shape index (κ2) is 9.18. The fourth-order valence-corrected chi connectivity index (χ4v) is 6.53. The molecule has 0 saturated carbocycles. The van der Waals surface area contributed by atoms with Gasteiger partial charge in [0.15, 0.2) is 0 Å². The van der Waals surface area contributed by atoms with Crippen LogP contribution in [-0.4, -0.2) is 29.3 Å². The average Bonchev–Trinajstić information content (AvgIpc) is 3.10. The van der Waals surface area contributed by atoms with Gasteiger partial charge in [-0.05, 0) is 74.5 Å². The molecule has 2 aliphatic rings. The van der Waals surface area contributed by atoms with Gasteiger partial charge in [0, 0.05) is 17.5 Å². The van der Waals surface area contributed by atoms with Gasteiger partial charge in [-0.2, -0.15) is 0 Å². The Morgan fingerprint density at radius 1 is 1.16 bits per heavy atom. The highest BCUT2D eigenvalue weighted by molar-refractivity contribution is 7.17. The minimum absolute atomic E-state index is 0.0679. The Hall–Kier alpha value is -1.85. The fraction of sp³-hybridized carbons (Fsp3) is 0.538. The van der Waals surface area contributed by atoms with Crippen molar-refractivity contribution in [2.75, 3.05) is 11.9 Å². The lowest BCUT2D eigenvalue weighted by Crippen LogP contribution is -2.42. The first-order valence-electron chi connectivity index (χ1n) is 11.7. The van der Waals surface area contributed by atoms with Crippen molar-refractivity contribution in [2.45, 2.75) is 72.3 Å². The summed E-state index contributed by atoms with van der Waals surface area (Å²) in [6, 6.07) is 7.27. The van der Waals surface area contributed by atoms with E-state index in [4.69, 9.17) is 11.6 Å². The molecule has 2 amide bonds. The second-order valence-electron chi connectivity index (χ2n) is 10.3. The molecule has 1 aromatic heterocycles. The van der Waals surface area contributed by atoms with Crippen LogP contribution in [0, 0.1) is 11.3 Å². The molecule has 4 nitrogen and oxygen atoms in total. The summed E-state index contributed by atoms with van der Waals surface area (Å²) in [7, 11) is 0. The first-order chi connectivity index (χ1) is 15.2. The molecule has 6 heteroatoms. The maximum Gasteiger partial charge on any atom is 0.257 e. The van der Waals surface area contributed by atoms with Crippen molar-refractivity contribution in [3.8, 4) is 0 Å². The third-order valence-corrected chi connectivity index (χ3v) is 8.61. The number of hydrogen-bond donors (Lipinski definition) is 1. The molecular weight excluding hydrogens is 440 g/mol. The normalized spacial score (nSPS) is 21.2. The Labute approximate surface area is 200 Å². The number of nitrogens with one attached hydrogen (secondary N) is 1. The molecule has 4 rings (SSSR count). The number of piperidine rings is 1. The van der Waals surface area contributed by atoms with Gasteiger partial charge in [-0.3, -0.25) is 9.59 Å². The van der Waals surface area contributed by atoms with E-state index in [9.17, 15) is 9.59 Å². The van der Waals surface area contributed by atoms with Crippen LogP contribution in [0.4, 0.5) is 5.00 Å². The largest absolute Gasteiger partial charge is 0.336 e. The van der Waals surface area contributed by atoms with E-state index in [1.54, 1.807) is 29.5 Å². The van der Waals surface area contributed by atoms with Gasteiger partial charge in [-0.15, -0.1) is 11.3 Å². The molecule has 2 atom stereocenters.